The summed E-state index contributed by atoms with van der Waals surface area (Å²) in [6, 6.07) is 9.03. The third kappa shape index (κ3) is 2.36. The zero-order valence-electron chi connectivity index (χ0n) is 9.96. The minimum Gasteiger partial charge on any atom is -0.349 e. The lowest BCUT2D eigenvalue weighted by molar-refractivity contribution is 0.305. The first-order valence-electron chi connectivity index (χ1n) is 5.50. The van der Waals surface area contributed by atoms with E-state index in [9.17, 15) is 9.46 Å². The second-order valence-corrected chi connectivity index (χ2v) is 5.89. The number of nitriles is 1. The van der Waals surface area contributed by atoms with E-state index in [0.717, 1.165) is 5.56 Å². The molecule has 1 aromatic rings. The fraction of sp³-hybridized carbons (Fsp3) is 0.417. The molecule has 1 aromatic carbocycles. The lowest BCUT2D eigenvalue weighted by Gasteiger charge is -2.33. The van der Waals surface area contributed by atoms with Crippen molar-refractivity contribution in [1.82, 2.24) is 0 Å². The number of benzene rings is 1. The summed E-state index contributed by atoms with van der Waals surface area (Å²) in [6.07, 6.45) is 2.21. The normalized spacial score (nSPS) is 14.7. The van der Waals surface area contributed by atoms with Crippen molar-refractivity contribution in [3.8, 4) is 6.26 Å². The first-order valence-corrected chi connectivity index (χ1v) is 7.08. The highest BCUT2D eigenvalue weighted by Crippen LogP contribution is 2.64. The highest BCUT2D eigenvalue weighted by molar-refractivity contribution is 7.54. The highest BCUT2D eigenvalue weighted by atomic mass is 31.2. The quantitative estimate of drug-likeness (QED) is 0.645. The number of hydrogen-bond acceptors (Lipinski definition) is 3. The molecule has 0 radical (unpaired) electrons. The van der Waals surface area contributed by atoms with Crippen molar-refractivity contribution >= 4 is 7.60 Å². The Morgan fingerprint density at radius 3 is 2.29 bits per heavy atom. The third-order valence-corrected chi connectivity index (χ3v) is 5.49. The molecule has 0 spiro atoms. The van der Waals surface area contributed by atoms with Crippen molar-refractivity contribution < 1.29 is 14.0 Å². The molecule has 0 saturated heterocycles. The molecule has 0 bridgehead atoms. The highest BCUT2D eigenvalue weighted by Gasteiger charge is 2.48. The molecule has 1 N–H and O–H groups in total. The molecule has 0 amide bonds. The summed E-state index contributed by atoms with van der Waals surface area (Å²) in [7, 11) is -4.02. The fourth-order valence-electron chi connectivity index (χ4n) is 2.11. The van der Waals surface area contributed by atoms with Crippen LogP contribution in [0.4, 0.5) is 0 Å². The molecule has 1 unspecified atom stereocenters. The van der Waals surface area contributed by atoms with Gasteiger partial charge in [-0.15, -0.1) is 5.26 Å². The summed E-state index contributed by atoms with van der Waals surface area (Å²) in [4.78, 5) is 9.99. The topological polar surface area (TPSA) is 70.3 Å². The zero-order chi connectivity index (χ0) is 12.9. The Bertz CT molecular complexity index is 449. The number of rotatable bonds is 5. The van der Waals surface area contributed by atoms with Crippen LogP contribution in [0.25, 0.3) is 0 Å². The van der Waals surface area contributed by atoms with E-state index in [0.29, 0.717) is 12.8 Å². The van der Waals surface area contributed by atoms with E-state index >= 15 is 0 Å². The SMILES string of the molecule is CCC(CC)(c1ccccc1)P(=O)(O)OC#N. The lowest BCUT2D eigenvalue weighted by atomic mass is 9.93. The Kier molecular flexibility index (Phi) is 4.34. The summed E-state index contributed by atoms with van der Waals surface area (Å²) in [6.45, 7) is 3.64. The molecule has 0 fully saturated rings. The van der Waals surface area contributed by atoms with E-state index in [1.54, 1.807) is 12.1 Å². The van der Waals surface area contributed by atoms with Crippen molar-refractivity contribution in [2.45, 2.75) is 31.8 Å². The third-order valence-electron chi connectivity index (χ3n) is 3.19. The Morgan fingerprint density at radius 2 is 1.88 bits per heavy atom. The molecule has 0 heterocycles. The summed E-state index contributed by atoms with van der Waals surface area (Å²) in [5, 5.41) is 7.49. The van der Waals surface area contributed by atoms with E-state index in [4.69, 9.17) is 5.26 Å². The van der Waals surface area contributed by atoms with Crippen molar-refractivity contribution in [2.75, 3.05) is 0 Å². The van der Waals surface area contributed by atoms with Gasteiger partial charge >= 0.3 is 7.60 Å². The molecule has 0 aliphatic heterocycles. The van der Waals surface area contributed by atoms with Crippen LogP contribution in [-0.2, 0) is 14.2 Å². The van der Waals surface area contributed by atoms with E-state index in [2.05, 4.69) is 4.52 Å². The van der Waals surface area contributed by atoms with Crippen LogP contribution in [0.5, 0.6) is 0 Å². The van der Waals surface area contributed by atoms with Gasteiger partial charge < -0.3 is 9.42 Å². The molecular formula is C12H16NO3P. The molecule has 4 nitrogen and oxygen atoms in total. The first kappa shape index (κ1) is 13.8. The number of nitrogens with zero attached hydrogens (tertiary/aromatic N) is 1. The lowest BCUT2D eigenvalue weighted by Crippen LogP contribution is -2.25. The summed E-state index contributed by atoms with van der Waals surface area (Å²) >= 11 is 0. The first-order chi connectivity index (χ1) is 8.04. The maximum atomic E-state index is 12.2. The van der Waals surface area contributed by atoms with E-state index < -0.39 is 12.8 Å². The minimum absolute atomic E-state index is 0.434. The van der Waals surface area contributed by atoms with Crippen LogP contribution in [0.15, 0.2) is 30.3 Å². The summed E-state index contributed by atoms with van der Waals surface area (Å²) < 4.78 is 16.7. The molecule has 1 rings (SSSR count). The van der Waals surface area contributed by atoms with Gasteiger partial charge in [0.25, 0.3) is 6.26 Å². The van der Waals surface area contributed by atoms with Gasteiger partial charge in [0.05, 0.1) is 0 Å². The maximum Gasteiger partial charge on any atom is 0.396 e. The van der Waals surface area contributed by atoms with Crippen LogP contribution in [0.2, 0.25) is 0 Å². The molecule has 0 saturated carbocycles. The number of hydrogen-bond donors (Lipinski definition) is 1. The Balaban J connectivity index is 3.34. The van der Waals surface area contributed by atoms with E-state index in [1.165, 1.54) is 6.26 Å². The molecule has 1 atom stereocenters. The average molecular weight is 253 g/mol. The fourth-order valence-corrected chi connectivity index (χ4v) is 3.67. The van der Waals surface area contributed by atoms with Gasteiger partial charge in [-0.2, -0.15) is 0 Å². The van der Waals surface area contributed by atoms with Gasteiger partial charge in [-0.25, -0.2) is 4.57 Å². The predicted molar refractivity (Wildman–Crippen MR) is 65.2 cm³/mol. The van der Waals surface area contributed by atoms with Crippen molar-refractivity contribution in [3.05, 3.63) is 35.9 Å². The van der Waals surface area contributed by atoms with Gasteiger partial charge in [-0.3, -0.25) is 0 Å². The van der Waals surface area contributed by atoms with E-state index in [-0.39, 0.29) is 0 Å². The van der Waals surface area contributed by atoms with Crippen LogP contribution in [0.1, 0.15) is 32.3 Å². The van der Waals surface area contributed by atoms with Gasteiger partial charge in [0.15, 0.2) is 0 Å². The van der Waals surface area contributed by atoms with E-state index in [1.807, 2.05) is 32.0 Å². The van der Waals surface area contributed by atoms with Gasteiger partial charge in [-0.05, 0) is 18.4 Å². The zero-order valence-corrected chi connectivity index (χ0v) is 10.9. The maximum absolute atomic E-state index is 12.2. The van der Waals surface area contributed by atoms with Crippen LogP contribution in [0.3, 0.4) is 0 Å². The van der Waals surface area contributed by atoms with Crippen LogP contribution < -0.4 is 0 Å². The molecule has 0 aliphatic rings. The summed E-state index contributed by atoms with van der Waals surface area (Å²) in [5.41, 5.74) is 0.728. The largest absolute Gasteiger partial charge is 0.396 e. The standard InChI is InChI=1S/C12H16NO3P/c1-3-12(4-2,17(14,15)16-10-13)11-8-6-5-7-9-11/h5-9H,3-4H2,1-2H3,(H,14,15). The second kappa shape index (κ2) is 5.35. The smallest absolute Gasteiger partial charge is 0.349 e. The predicted octanol–water partition coefficient (Wildman–Crippen LogP) is 3.38. The minimum atomic E-state index is -4.02. The molecule has 92 valence electrons. The van der Waals surface area contributed by atoms with Crippen molar-refractivity contribution in [3.63, 3.8) is 0 Å². The van der Waals surface area contributed by atoms with Gasteiger partial charge in [0, 0.05) is 0 Å². The van der Waals surface area contributed by atoms with Crippen molar-refractivity contribution in [2.24, 2.45) is 0 Å². The molecular weight excluding hydrogens is 237 g/mol. The Labute approximate surface area is 101 Å². The van der Waals surface area contributed by atoms with Crippen LogP contribution in [0, 0.1) is 11.5 Å². The summed E-state index contributed by atoms with van der Waals surface area (Å²) in [5.74, 6) is 0. The van der Waals surface area contributed by atoms with Gasteiger partial charge in [0.2, 0.25) is 0 Å². The Hall–Kier alpha value is -1.30. The average Bonchev–Trinajstić information content (AvgIpc) is 2.32. The molecule has 0 aliphatic carbocycles. The van der Waals surface area contributed by atoms with Gasteiger partial charge in [-0.1, -0.05) is 44.2 Å². The Morgan fingerprint density at radius 1 is 1.35 bits per heavy atom. The second-order valence-electron chi connectivity index (χ2n) is 3.81. The monoisotopic (exact) mass is 253 g/mol. The van der Waals surface area contributed by atoms with Crippen molar-refractivity contribution in [1.29, 1.82) is 5.26 Å². The molecule has 0 aromatic heterocycles. The molecule has 5 heteroatoms. The van der Waals surface area contributed by atoms with Crippen LogP contribution in [-0.4, -0.2) is 4.89 Å². The molecule has 17 heavy (non-hydrogen) atoms. The van der Waals surface area contributed by atoms with Gasteiger partial charge in [0.1, 0.15) is 5.16 Å². The van der Waals surface area contributed by atoms with Crippen LogP contribution >= 0.6 is 7.60 Å².